The third kappa shape index (κ3) is 38.6. The topological polar surface area (TPSA) is 440 Å². The number of nitrogens with two attached hydrogens (primary N) is 2. The number of anilines is 4. The average Bonchev–Trinajstić information content (AvgIpc) is 1.14. The van der Waals surface area contributed by atoms with Crippen LogP contribution in [0.25, 0.3) is 0 Å². The number of hydrogen-bond donors (Lipinski definition) is 13. The molecule has 15 N–H and O–H groups in total. The summed E-state index contributed by atoms with van der Waals surface area (Å²) in [6, 6.07) is 51.3. The number of allylic oxidation sites excluding steroid dienone is 2. The summed E-state index contributed by atoms with van der Waals surface area (Å²) >= 11 is 11.6. The predicted octanol–water partition coefficient (Wildman–Crippen LogP) is 12.5. The van der Waals surface area contributed by atoms with Crippen LogP contribution in [0.4, 0.5) is 22.7 Å². The van der Waals surface area contributed by atoms with Crippen LogP contribution in [0.3, 0.4) is 0 Å². The summed E-state index contributed by atoms with van der Waals surface area (Å²) in [5.74, 6) is -0.452. The lowest BCUT2D eigenvalue weighted by molar-refractivity contribution is -0.132. The lowest BCUT2D eigenvalue weighted by Crippen LogP contribution is -2.41. The Kier molecular flexibility index (Phi) is 47.0. The number of amides is 13. The van der Waals surface area contributed by atoms with E-state index in [4.69, 9.17) is 34.7 Å². The van der Waals surface area contributed by atoms with Gasteiger partial charge in [-0.15, -0.1) is 0 Å². The van der Waals surface area contributed by atoms with Gasteiger partial charge in [-0.1, -0.05) is 170 Å². The number of carbonyl (C=O) groups excluding carboxylic acids is 14. The van der Waals surface area contributed by atoms with E-state index >= 15 is 0 Å². The minimum Gasteiger partial charge on any atom is -0.398 e. The molecule has 0 aliphatic carbocycles. The van der Waals surface area contributed by atoms with E-state index in [0.29, 0.717) is 216 Å². The number of nitrogens with one attached hydrogen (secondary N) is 11. The number of para-hydroxylation sites is 2. The first-order chi connectivity index (χ1) is 68.2. The van der Waals surface area contributed by atoms with E-state index in [1.54, 1.807) is 112 Å². The Labute approximate surface area is 841 Å². The molecule has 0 saturated carbocycles. The second-order valence-corrected chi connectivity index (χ2v) is 35.3. The maximum atomic E-state index is 12.2. The van der Waals surface area contributed by atoms with Gasteiger partial charge in [0.05, 0.1) is 29.2 Å². The average molecular weight is 1980 g/mol. The number of Topliss-reactive ketones (excluding diaryl/α,β-unsaturated/α-hetero) is 1. The van der Waals surface area contributed by atoms with E-state index in [9.17, 15) is 67.1 Å². The molecule has 7 aromatic carbocycles. The van der Waals surface area contributed by atoms with Gasteiger partial charge < -0.3 is 94.5 Å². The minimum atomic E-state index is -0.288. The fourth-order valence-electron chi connectivity index (χ4n) is 15.4. The first-order valence-electron chi connectivity index (χ1n) is 47.3. The second kappa shape index (κ2) is 59.4. The molecule has 32 nitrogen and oxygen atoms in total. The summed E-state index contributed by atoms with van der Waals surface area (Å²) in [5, 5.41) is 32.4. The Hall–Kier alpha value is -15.0. The molecule has 7 aliphatic heterocycles. The smallest absolute Gasteiger partial charge is 0.253 e. The van der Waals surface area contributed by atoms with Gasteiger partial charge in [0.15, 0.2) is 5.78 Å². The van der Waals surface area contributed by atoms with Crippen molar-refractivity contribution in [3.8, 4) is 0 Å². The molecule has 14 rings (SSSR count). The summed E-state index contributed by atoms with van der Waals surface area (Å²) in [7, 11) is 3.59. The van der Waals surface area contributed by atoms with Crippen LogP contribution in [0.1, 0.15) is 175 Å². The third-order valence-corrected chi connectivity index (χ3v) is 24.0. The first kappa shape index (κ1) is 112. The van der Waals surface area contributed by atoms with Crippen molar-refractivity contribution in [1.29, 1.82) is 0 Å². The van der Waals surface area contributed by atoms with Crippen LogP contribution < -0.4 is 70.0 Å². The van der Waals surface area contributed by atoms with Crippen molar-refractivity contribution in [3.63, 3.8) is 0 Å². The molecule has 142 heavy (non-hydrogen) atoms. The first-order valence-corrected chi connectivity index (χ1v) is 48.1. The molecule has 34 heteroatoms. The predicted molar refractivity (Wildman–Crippen MR) is 558 cm³/mol. The summed E-state index contributed by atoms with van der Waals surface area (Å²) in [4.78, 5) is 174. The molecule has 6 saturated heterocycles. The second-order valence-electron chi connectivity index (χ2n) is 34.5. The number of piperidine rings is 5. The quantitative estimate of drug-likeness (QED) is 0.00786. The van der Waals surface area contributed by atoms with Gasteiger partial charge in [-0.25, -0.2) is 0 Å². The highest BCUT2D eigenvalue weighted by Gasteiger charge is 2.29. The van der Waals surface area contributed by atoms with Crippen LogP contribution in [0, 0.1) is 5.92 Å². The lowest BCUT2D eigenvalue weighted by atomic mass is 9.92. The molecule has 0 aromatic heterocycles. The van der Waals surface area contributed by atoms with Gasteiger partial charge in [0, 0.05) is 229 Å². The molecule has 7 heterocycles. The molecule has 2 unspecified atom stereocenters. The minimum absolute atomic E-state index is 0.0152. The van der Waals surface area contributed by atoms with Crippen LogP contribution in [-0.2, 0) is 33.6 Å². The molecule has 0 radical (unpaired) electrons. The van der Waals surface area contributed by atoms with E-state index in [2.05, 4.69) is 105 Å². The van der Waals surface area contributed by atoms with E-state index in [-0.39, 0.29) is 94.5 Å². The number of hydrogen-bond acceptors (Lipinski definition) is 19. The maximum absolute atomic E-state index is 12.2. The monoisotopic (exact) mass is 1970 g/mol. The van der Waals surface area contributed by atoms with Crippen LogP contribution in [-0.4, -0.2) is 232 Å². The third-order valence-electron chi connectivity index (χ3n) is 23.5. The van der Waals surface area contributed by atoms with Gasteiger partial charge in [-0.05, 0) is 173 Å². The highest BCUT2D eigenvalue weighted by molar-refractivity contribution is 6.31. The fourth-order valence-corrected chi connectivity index (χ4v) is 15.8. The normalized spacial score (nSPS) is 16.0. The van der Waals surface area contributed by atoms with Crippen molar-refractivity contribution in [3.05, 3.63) is 323 Å². The van der Waals surface area contributed by atoms with Gasteiger partial charge in [-0.3, -0.25) is 67.1 Å². The van der Waals surface area contributed by atoms with E-state index in [0.717, 1.165) is 102 Å². The van der Waals surface area contributed by atoms with E-state index < -0.39 is 0 Å². The number of ketones is 1. The summed E-state index contributed by atoms with van der Waals surface area (Å²) in [6.07, 6.45) is 14.0. The molecule has 0 bridgehead atoms. The number of benzene rings is 7. The van der Waals surface area contributed by atoms with Crippen molar-refractivity contribution in [2.24, 2.45) is 5.92 Å². The number of nitrogens with zero attached hydrogens (tertiary/aromatic N) is 5. The molecule has 13 amide bonds. The summed E-state index contributed by atoms with van der Waals surface area (Å²) in [6.45, 7) is 35.2. The van der Waals surface area contributed by atoms with Crippen molar-refractivity contribution in [1.82, 2.24) is 72.4 Å². The molecule has 752 valence electrons. The van der Waals surface area contributed by atoms with Crippen LogP contribution in [0.15, 0.2) is 274 Å². The largest absolute Gasteiger partial charge is 0.398 e. The molecule has 2 atom stereocenters. The Morgan fingerprint density at radius 1 is 0.387 bits per heavy atom. The number of halogens is 2. The number of carbonyl (C=O) groups is 14. The standard InChI is InChI=1S/2C16H21N3O2.C16H20N2O2.2C15H18ClN3O2.C15H18N2O2.C15H16N2O2/c1-11-10-14(16(21)19-11)18-9-5-8-15(20)12-6-3-4-7-13(12)17-2;1-12-7-9-19(15(20)11-12)10-8-18-16(21)13-5-3-4-6-14(13)17-2;1-12-9-10-14(16(20)18-12)8-5-11-17-15(19)13-6-3-2-4-7-13;1-10-4-6-19(14(20)8-10)7-5-18-15(21)12-9-11(16)2-3-13(12)17;1-10-4-6-19(14(20)8-10)7-5-18-15(21)12-3-2-11(16)9-13(12)17;2*1-12-7-9-17(14(18)11-12)10-8-16-15(19)13-5-3-2-4-6-13/h3-4,6-7,14,17-18H,1,5,8-10H2,2H3,(H,19,21);3-6,17H,1,7-11H2,2H3,(H,18,21);2-4,6-7,14H,1,5,8-11H2,(H,17,19)(H,18,20);2*2-3,9H,1,4-8,17H2,(H,18,21);2-6H,1,7-11H2,(H,16,19);2-7,9H,1,8,10-11H2,(H,16,19). The van der Waals surface area contributed by atoms with Gasteiger partial charge in [0.25, 0.3) is 35.4 Å². The molecular formula is C108H132Cl2N18O14. The lowest BCUT2D eigenvalue weighted by Gasteiger charge is -2.28. The van der Waals surface area contributed by atoms with Crippen LogP contribution >= 0.6 is 23.2 Å². The highest BCUT2D eigenvalue weighted by atomic mass is 35.5. The van der Waals surface area contributed by atoms with Gasteiger partial charge in [0.2, 0.25) is 41.4 Å². The maximum Gasteiger partial charge on any atom is 0.253 e. The van der Waals surface area contributed by atoms with Gasteiger partial charge in [0.1, 0.15) is 0 Å². The van der Waals surface area contributed by atoms with Gasteiger partial charge >= 0.3 is 0 Å². The number of likely N-dealkylation sites (tertiary alicyclic amines) is 4. The van der Waals surface area contributed by atoms with Crippen LogP contribution in [0.5, 0.6) is 0 Å². The van der Waals surface area contributed by atoms with Crippen LogP contribution in [0.2, 0.25) is 10.0 Å². The Morgan fingerprint density at radius 2 is 0.782 bits per heavy atom. The molecule has 0 spiro atoms. The zero-order chi connectivity index (χ0) is 103. The zero-order valence-electron chi connectivity index (χ0n) is 81.0. The molecule has 7 aliphatic rings. The molecule has 7 aromatic rings. The summed E-state index contributed by atoms with van der Waals surface area (Å²) < 4.78 is 0. The Balaban J connectivity index is 0.000000203. The fraction of sp³-hybridized carbons (Fsp3) is 0.333. The van der Waals surface area contributed by atoms with Gasteiger partial charge in [-0.2, -0.15) is 0 Å². The Morgan fingerprint density at radius 3 is 1.21 bits per heavy atom. The van der Waals surface area contributed by atoms with Crippen molar-refractivity contribution in [2.45, 2.75) is 109 Å². The highest BCUT2D eigenvalue weighted by Crippen LogP contribution is 2.26. The van der Waals surface area contributed by atoms with Crippen molar-refractivity contribution < 1.29 is 67.1 Å². The molecular weight excluding hydrogens is 1840 g/mol. The zero-order valence-corrected chi connectivity index (χ0v) is 82.5. The van der Waals surface area contributed by atoms with Crippen molar-refractivity contribution in [2.75, 3.05) is 141 Å². The van der Waals surface area contributed by atoms with E-state index in [1.165, 1.54) is 12.1 Å². The number of nitrogen functional groups attached to an aromatic ring is 2. The van der Waals surface area contributed by atoms with Crippen molar-refractivity contribution >= 4 is 129 Å². The van der Waals surface area contributed by atoms with E-state index in [1.807, 2.05) is 103 Å². The SMILES string of the molecule is C=C1C=CN(CCNC(=O)c2ccccc2)C(=O)C1.C=C1CC(NCCCC(=O)c2ccccc2NC)C(=O)N1.C=C1CCC(CCCNC(=O)c2ccccc2)C(=O)N1.C=C1CCN(CCNC(=O)c2cc(Cl)ccc2N)C(=O)C1.C=C1CCN(CCNC(=O)c2ccc(Cl)cc2N)C(=O)C1.C=C1CCN(CCNC(=O)c2ccccc2)C(=O)C1.C=C1CCN(CCNC(=O)c2ccccc2NC)C(=O)C1. The Bertz CT molecular complexity index is 5710. The number of rotatable bonds is 33. The molecule has 6 fully saturated rings. The summed E-state index contributed by atoms with van der Waals surface area (Å²) in [5.41, 5.74) is 24.1.